The number of likely N-dealkylation sites (tertiary alicyclic amines) is 1. The van der Waals surface area contributed by atoms with Gasteiger partial charge in [0, 0.05) is 26.2 Å². The van der Waals surface area contributed by atoms with E-state index in [2.05, 4.69) is 4.90 Å². The summed E-state index contributed by atoms with van der Waals surface area (Å²) in [6.07, 6.45) is 3.19. The van der Waals surface area contributed by atoms with Gasteiger partial charge in [0.2, 0.25) is 5.91 Å². The van der Waals surface area contributed by atoms with Gasteiger partial charge in [0.1, 0.15) is 0 Å². The molecule has 0 aromatic heterocycles. The molecule has 106 valence electrons. The summed E-state index contributed by atoms with van der Waals surface area (Å²) in [4.78, 5) is 16.5. The molecule has 0 aliphatic carbocycles. The van der Waals surface area contributed by atoms with E-state index in [9.17, 15) is 4.79 Å². The summed E-state index contributed by atoms with van der Waals surface area (Å²) in [6.45, 7) is 9.86. The molecular weight excluding hydrogens is 228 g/mol. The average molecular weight is 256 g/mol. The summed E-state index contributed by atoms with van der Waals surface area (Å²) < 4.78 is 0. The van der Waals surface area contributed by atoms with Crippen LogP contribution in [-0.4, -0.2) is 59.6 Å². The van der Waals surface area contributed by atoms with E-state index in [4.69, 9.17) is 5.11 Å². The summed E-state index contributed by atoms with van der Waals surface area (Å²) >= 11 is 0. The summed E-state index contributed by atoms with van der Waals surface area (Å²) in [5.74, 6) is 0.792. The largest absolute Gasteiger partial charge is 0.396 e. The number of carbonyl (C=O) groups is 1. The topological polar surface area (TPSA) is 43.8 Å². The van der Waals surface area contributed by atoms with E-state index in [0.717, 1.165) is 39.0 Å². The Morgan fingerprint density at radius 2 is 2.11 bits per heavy atom. The standard InChI is InChI=1S/C14H28N2O2/c1-4-15(5-2)14(18)12(3)16-9-6-7-13(11-16)8-10-17/h12-13,17H,4-11H2,1-3H3. The van der Waals surface area contributed by atoms with Crippen LogP contribution >= 0.6 is 0 Å². The monoisotopic (exact) mass is 256 g/mol. The van der Waals surface area contributed by atoms with Gasteiger partial charge in [-0.05, 0) is 52.5 Å². The highest BCUT2D eigenvalue weighted by atomic mass is 16.3. The third-order valence-electron chi connectivity index (χ3n) is 4.07. The van der Waals surface area contributed by atoms with E-state index < -0.39 is 0 Å². The predicted octanol–water partition coefficient (Wildman–Crippen LogP) is 1.34. The lowest BCUT2D eigenvalue weighted by atomic mass is 9.94. The molecule has 1 amide bonds. The molecule has 1 rings (SSSR count). The Hall–Kier alpha value is -0.610. The van der Waals surface area contributed by atoms with E-state index in [-0.39, 0.29) is 18.6 Å². The summed E-state index contributed by atoms with van der Waals surface area (Å²) in [5, 5.41) is 9.02. The van der Waals surface area contributed by atoms with Crippen molar-refractivity contribution < 1.29 is 9.90 Å². The molecule has 4 nitrogen and oxygen atoms in total. The Bertz CT molecular complexity index is 252. The van der Waals surface area contributed by atoms with Crippen LogP contribution in [0.5, 0.6) is 0 Å². The Morgan fingerprint density at radius 1 is 1.44 bits per heavy atom. The predicted molar refractivity (Wildman–Crippen MR) is 73.4 cm³/mol. The number of aliphatic hydroxyl groups is 1. The number of nitrogens with zero attached hydrogens (tertiary/aromatic N) is 2. The maximum atomic E-state index is 12.3. The lowest BCUT2D eigenvalue weighted by Crippen LogP contribution is -2.50. The van der Waals surface area contributed by atoms with Crippen LogP contribution in [0.25, 0.3) is 0 Å². The zero-order chi connectivity index (χ0) is 13.5. The van der Waals surface area contributed by atoms with Crippen molar-refractivity contribution in [3.8, 4) is 0 Å². The van der Waals surface area contributed by atoms with Gasteiger partial charge in [-0.1, -0.05) is 0 Å². The molecule has 0 aromatic rings. The molecule has 0 bridgehead atoms. The highest BCUT2D eigenvalue weighted by Crippen LogP contribution is 2.21. The van der Waals surface area contributed by atoms with Crippen LogP contribution in [0.1, 0.15) is 40.0 Å². The maximum Gasteiger partial charge on any atom is 0.239 e. The molecule has 2 unspecified atom stereocenters. The number of piperidine rings is 1. The van der Waals surface area contributed by atoms with E-state index >= 15 is 0 Å². The minimum Gasteiger partial charge on any atom is -0.396 e. The van der Waals surface area contributed by atoms with Gasteiger partial charge in [-0.15, -0.1) is 0 Å². The van der Waals surface area contributed by atoms with Crippen molar-refractivity contribution in [1.29, 1.82) is 0 Å². The molecule has 2 atom stereocenters. The normalized spacial score (nSPS) is 22.8. The first-order valence-corrected chi connectivity index (χ1v) is 7.27. The molecule has 1 heterocycles. The maximum absolute atomic E-state index is 12.3. The molecule has 0 saturated carbocycles. The molecule has 0 spiro atoms. The highest BCUT2D eigenvalue weighted by molar-refractivity contribution is 5.81. The minimum atomic E-state index is -0.0219. The van der Waals surface area contributed by atoms with Gasteiger partial charge in [0.15, 0.2) is 0 Å². The summed E-state index contributed by atoms with van der Waals surface area (Å²) in [5.41, 5.74) is 0. The van der Waals surface area contributed by atoms with Crippen LogP contribution in [0.2, 0.25) is 0 Å². The van der Waals surface area contributed by atoms with Gasteiger partial charge in [0.25, 0.3) is 0 Å². The van der Waals surface area contributed by atoms with Crippen LogP contribution < -0.4 is 0 Å². The molecule has 1 aliphatic heterocycles. The number of hydrogen-bond donors (Lipinski definition) is 1. The van der Waals surface area contributed by atoms with Crippen molar-refractivity contribution in [3.05, 3.63) is 0 Å². The van der Waals surface area contributed by atoms with Crippen molar-refractivity contribution in [2.75, 3.05) is 32.8 Å². The molecule has 1 fully saturated rings. The Morgan fingerprint density at radius 3 is 2.67 bits per heavy atom. The molecule has 4 heteroatoms. The number of carbonyl (C=O) groups excluding carboxylic acids is 1. The molecule has 18 heavy (non-hydrogen) atoms. The van der Waals surface area contributed by atoms with Crippen LogP contribution in [0.4, 0.5) is 0 Å². The van der Waals surface area contributed by atoms with Crippen molar-refractivity contribution in [2.24, 2.45) is 5.92 Å². The Labute approximate surface area is 111 Å². The SMILES string of the molecule is CCN(CC)C(=O)C(C)N1CCCC(CCO)C1. The van der Waals surface area contributed by atoms with E-state index in [1.165, 1.54) is 6.42 Å². The van der Waals surface area contributed by atoms with Crippen LogP contribution in [0.3, 0.4) is 0 Å². The molecule has 1 aliphatic rings. The molecular formula is C14H28N2O2. The van der Waals surface area contributed by atoms with Crippen LogP contribution in [0, 0.1) is 5.92 Å². The second kappa shape index (κ2) is 7.74. The van der Waals surface area contributed by atoms with Crippen LogP contribution in [-0.2, 0) is 4.79 Å². The quantitative estimate of drug-likeness (QED) is 0.780. The summed E-state index contributed by atoms with van der Waals surface area (Å²) in [6, 6.07) is -0.0219. The highest BCUT2D eigenvalue weighted by Gasteiger charge is 2.28. The van der Waals surface area contributed by atoms with Crippen molar-refractivity contribution in [1.82, 2.24) is 9.80 Å². The summed E-state index contributed by atoms with van der Waals surface area (Å²) in [7, 11) is 0. The smallest absolute Gasteiger partial charge is 0.239 e. The number of hydrogen-bond acceptors (Lipinski definition) is 3. The number of amides is 1. The molecule has 1 N–H and O–H groups in total. The number of rotatable bonds is 6. The second-order valence-corrected chi connectivity index (χ2v) is 5.20. The van der Waals surface area contributed by atoms with Crippen molar-refractivity contribution in [3.63, 3.8) is 0 Å². The van der Waals surface area contributed by atoms with Gasteiger partial charge >= 0.3 is 0 Å². The fraction of sp³-hybridized carbons (Fsp3) is 0.929. The van der Waals surface area contributed by atoms with Gasteiger partial charge in [0.05, 0.1) is 6.04 Å². The van der Waals surface area contributed by atoms with Crippen molar-refractivity contribution in [2.45, 2.75) is 46.1 Å². The number of likely N-dealkylation sites (N-methyl/N-ethyl adjacent to an activating group) is 1. The minimum absolute atomic E-state index is 0.0219. The first-order chi connectivity index (χ1) is 8.63. The third kappa shape index (κ3) is 3.95. The molecule has 0 aromatic carbocycles. The van der Waals surface area contributed by atoms with Gasteiger partial charge in [-0.3, -0.25) is 9.69 Å². The lowest BCUT2D eigenvalue weighted by Gasteiger charge is -2.37. The lowest BCUT2D eigenvalue weighted by molar-refractivity contribution is -0.136. The van der Waals surface area contributed by atoms with Crippen LogP contribution in [0.15, 0.2) is 0 Å². The fourth-order valence-electron chi connectivity index (χ4n) is 2.82. The van der Waals surface area contributed by atoms with E-state index in [0.29, 0.717) is 5.92 Å². The zero-order valence-electron chi connectivity index (χ0n) is 12.1. The van der Waals surface area contributed by atoms with E-state index in [1.807, 2.05) is 25.7 Å². The Balaban J connectivity index is 2.54. The van der Waals surface area contributed by atoms with Gasteiger partial charge in [-0.25, -0.2) is 0 Å². The molecule has 1 saturated heterocycles. The first-order valence-electron chi connectivity index (χ1n) is 7.27. The number of aliphatic hydroxyl groups excluding tert-OH is 1. The zero-order valence-corrected chi connectivity index (χ0v) is 12.1. The fourth-order valence-corrected chi connectivity index (χ4v) is 2.82. The average Bonchev–Trinajstić information content (AvgIpc) is 2.40. The second-order valence-electron chi connectivity index (χ2n) is 5.20. The van der Waals surface area contributed by atoms with Gasteiger partial charge < -0.3 is 10.0 Å². The third-order valence-corrected chi connectivity index (χ3v) is 4.07. The molecule has 0 radical (unpaired) electrons. The van der Waals surface area contributed by atoms with E-state index in [1.54, 1.807) is 0 Å². The first kappa shape index (κ1) is 15.4. The van der Waals surface area contributed by atoms with Crippen molar-refractivity contribution >= 4 is 5.91 Å². The Kier molecular flexibility index (Phi) is 6.65. The van der Waals surface area contributed by atoms with Gasteiger partial charge in [-0.2, -0.15) is 0 Å².